The summed E-state index contributed by atoms with van der Waals surface area (Å²) in [5, 5.41) is 3.34. The van der Waals surface area contributed by atoms with Crippen LogP contribution < -0.4 is 5.32 Å². The topological polar surface area (TPSA) is 24.9 Å². The minimum Gasteiger partial charge on any atom is -0.305 e. The zero-order chi connectivity index (χ0) is 12.3. The first-order valence-electron chi connectivity index (χ1n) is 5.23. The fraction of sp³-hybridized carbons (Fsp3) is 0.250. The summed E-state index contributed by atoms with van der Waals surface area (Å²) >= 11 is 5.12. The van der Waals surface area contributed by atoms with Crippen molar-refractivity contribution in [3.05, 3.63) is 50.6 Å². The van der Waals surface area contributed by atoms with E-state index in [2.05, 4.69) is 32.3 Å². The van der Waals surface area contributed by atoms with E-state index in [9.17, 15) is 4.39 Å². The molecule has 2 aromatic heterocycles. The summed E-state index contributed by atoms with van der Waals surface area (Å²) < 4.78 is 14.1. The summed E-state index contributed by atoms with van der Waals surface area (Å²) in [6.45, 7) is 2.77. The summed E-state index contributed by atoms with van der Waals surface area (Å²) in [4.78, 5) is 5.09. The van der Waals surface area contributed by atoms with Gasteiger partial charge < -0.3 is 5.32 Å². The summed E-state index contributed by atoms with van der Waals surface area (Å²) in [5.74, 6) is -0.296. The highest BCUT2D eigenvalue weighted by Gasteiger charge is 2.07. The second-order valence-electron chi connectivity index (χ2n) is 3.74. The molecular weight excluding hydrogens is 303 g/mol. The second-order valence-corrected chi connectivity index (χ2v) is 6.29. The van der Waals surface area contributed by atoms with Crippen LogP contribution >= 0.6 is 27.3 Å². The van der Waals surface area contributed by atoms with E-state index < -0.39 is 0 Å². The summed E-state index contributed by atoms with van der Waals surface area (Å²) in [6.07, 6.45) is 2.90. The lowest BCUT2D eigenvalue weighted by molar-refractivity contribution is 0.564. The fourth-order valence-electron chi connectivity index (χ4n) is 1.48. The van der Waals surface area contributed by atoms with Gasteiger partial charge in [-0.05, 0) is 46.6 Å². The third-order valence-corrected chi connectivity index (χ3v) is 4.06. The van der Waals surface area contributed by atoms with Gasteiger partial charge in [-0.3, -0.25) is 4.98 Å². The van der Waals surface area contributed by atoms with E-state index in [1.54, 1.807) is 17.5 Å². The Hall–Kier alpha value is -0.780. The van der Waals surface area contributed by atoms with Gasteiger partial charge in [0.25, 0.3) is 0 Å². The molecule has 0 fully saturated rings. The van der Waals surface area contributed by atoms with Crippen molar-refractivity contribution in [2.75, 3.05) is 0 Å². The molecular formula is C12H12BrFN2S. The molecule has 0 aliphatic rings. The molecule has 2 rings (SSSR count). The average Bonchev–Trinajstić information content (AvgIpc) is 2.72. The number of hydrogen-bond acceptors (Lipinski definition) is 3. The smallest absolute Gasteiger partial charge is 0.141 e. The first-order chi connectivity index (χ1) is 8.15. The molecule has 0 aliphatic carbocycles. The van der Waals surface area contributed by atoms with E-state index in [0.717, 1.165) is 15.9 Å². The van der Waals surface area contributed by atoms with Crippen LogP contribution in [0.2, 0.25) is 0 Å². The maximum Gasteiger partial charge on any atom is 0.141 e. The number of halogens is 2. The van der Waals surface area contributed by atoms with Crippen molar-refractivity contribution in [2.24, 2.45) is 0 Å². The van der Waals surface area contributed by atoms with Crippen LogP contribution in [0.15, 0.2) is 34.4 Å². The number of rotatable bonds is 4. The molecule has 5 heteroatoms. The second kappa shape index (κ2) is 5.71. The van der Waals surface area contributed by atoms with Crippen LogP contribution in [0.25, 0.3) is 0 Å². The first-order valence-corrected chi connectivity index (χ1v) is 6.84. The molecule has 0 saturated heterocycles. The van der Waals surface area contributed by atoms with Gasteiger partial charge in [0.05, 0.1) is 9.98 Å². The lowest BCUT2D eigenvalue weighted by atomic mass is 10.1. The van der Waals surface area contributed by atoms with E-state index >= 15 is 0 Å². The predicted octanol–water partition coefficient (Wildman–Crippen LogP) is 3.90. The number of aromatic nitrogens is 1. The highest BCUT2D eigenvalue weighted by atomic mass is 79.9. The Labute approximate surface area is 112 Å². The van der Waals surface area contributed by atoms with Crippen LogP contribution in [0.3, 0.4) is 0 Å². The Morgan fingerprint density at radius 3 is 2.94 bits per heavy atom. The van der Waals surface area contributed by atoms with Gasteiger partial charge >= 0.3 is 0 Å². The molecule has 0 saturated carbocycles. The van der Waals surface area contributed by atoms with E-state index in [0.29, 0.717) is 0 Å². The molecule has 2 heterocycles. The Bertz CT molecular complexity index is 501. The number of hydrogen-bond donors (Lipinski definition) is 1. The SMILES string of the molecule is CC(NCc1ccc(Br)s1)c1cncc(F)c1. The summed E-state index contributed by atoms with van der Waals surface area (Å²) in [7, 11) is 0. The Balaban J connectivity index is 1.95. The number of pyridine rings is 1. The molecule has 2 aromatic rings. The minimum atomic E-state index is -0.296. The molecule has 0 spiro atoms. The number of thiophene rings is 1. The summed E-state index contributed by atoms with van der Waals surface area (Å²) in [5.41, 5.74) is 0.862. The number of nitrogens with zero attached hydrogens (tertiary/aromatic N) is 1. The molecule has 0 aliphatic heterocycles. The van der Waals surface area contributed by atoms with E-state index in [1.807, 2.05) is 13.0 Å². The Kier molecular flexibility index (Phi) is 4.25. The van der Waals surface area contributed by atoms with E-state index in [4.69, 9.17) is 0 Å². The van der Waals surface area contributed by atoms with Gasteiger partial charge in [-0.1, -0.05) is 0 Å². The highest BCUT2D eigenvalue weighted by molar-refractivity contribution is 9.11. The van der Waals surface area contributed by atoms with E-state index in [-0.39, 0.29) is 11.9 Å². The van der Waals surface area contributed by atoms with Crippen molar-refractivity contribution in [1.82, 2.24) is 10.3 Å². The largest absolute Gasteiger partial charge is 0.305 e. The van der Waals surface area contributed by atoms with Crippen LogP contribution in [0.1, 0.15) is 23.4 Å². The molecule has 1 N–H and O–H groups in total. The van der Waals surface area contributed by atoms with Crippen molar-refractivity contribution in [1.29, 1.82) is 0 Å². The monoisotopic (exact) mass is 314 g/mol. The van der Waals surface area contributed by atoms with Gasteiger partial charge in [0, 0.05) is 23.7 Å². The van der Waals surface area contributed by atoms with Gasteiger partial charge in [-0.2, -0.15) is 0 Å². The van der Waals surface area contributed by atoms with Crippen LogP contribution in [0.5, 0.6) is 0 Å². The standard InChI is InChI=1S/C12H12BrFN2S/c1-8(9-4-10(14)6-15-5-9)16-7-11-2-3-12(13)17-11/h2-6,8,16H,7H2,1H3. The molecule has 2 nitrogen and oxygen atoms in total. The van der Waals surface area contributed by atoms with Crippen molar-refractivity contribution in [2.45, 2.75) is 19.5 Å². The van der Waals surface area contributed by atoms with Crippen molar-refractivity contribution in [3.63, 3.8) is 0 Å². The highest BCUT2D eigenvalue weighted by Crippen LogP contribution is 2.22. The van der Waals surface area contributed by atoms with Crippen LogP contribution in [0, 0.1) is 5.82 Å². The van der Waals surface area contributed by atoms with Gasteiger partial charge in [0.1, 0.15) is 5.82 Å². The molecule has 90 valence electrons. The zero-order valence-corrected chi connectivity index (χ0v) is 11.7. The Morgan fingerprint density at radius 1 is 1.47 bits per heavy atom. The minimum absolute atomic E-state index is 0.0825. The quantitative estimate of drug-likeness (QED) is 0.926. The van der Waals surface area contributed by atoms with Gasteiger partial charge in [-0.15, -0.1) is 11.3 Å². The van der Waals surface area contributed by atoms with E-state index in [1.165, 1.54) is 17.1 Å². The maximum atomic E-state index is 13.0. The van der Waals surface area contributed by atoms with Crippen LogP contribution in [-0.2, 0) is 6.54 Å². The molecule has 0 bridgehead atoms. The summed E-state index contributed by atoms with van der Waals surface area (Å²) in [6, 6.07) is 5.68. The zero-order valence-electron chi connectivity index (χ0n) is 9.28. The van der Waals surface area contributed by atoms with Crippen molar-refractivity contribution in [3.8, 4) is 0 Å². The molecule has 0 amide bonds. The predicted molar refractivity (Wildman–Crippen MR) is 71.5 cm³/mol. The normalized spacial score (nSPS) is 12.6. The Morgan fingerprint density at radius 2 is 2.29 bits per heavy atom. The van der Waals surface area contributed by atoms with Crippen molar-refractivity contribution >= 4 is 27.3 Å². The van der Waals surface area contributed by atoms with Crippen LogP contribution in [0.4, 0.5) is 4.39 Å². The molecule has 0 aromatic carbocycles. The maximum absolute atomic E-state index is 13.0. The molecule has 0 radical (unpaired) electrons. The lowest BCUT2D eigenvalue weighted by Crippen LogP contribution is -2.17. The van der Waals surface area contributed by atoms with Gasteiger partial charge in [-0.25, -0.2) is 4.39 Å². The van der Waals surface area contributed by atoms with Crippen molar-refractivity contribution < 1.29 is 4.39 Å². The van der Waals surface area contributed by atoms with Crippen LogP contribution in [-0.4, -0.2) is 4.98 Å². The molecule has 1 atom stereocenters. The first kappa shape index (κ1) is 12.7. The lowest BCUT2D eigenvalue weighted by Gasteiger charge is -2.12. The fourth-order valence-corrected chi connectivity index (χ4v) is 2.92. The third kappa shape index (κ3) is 3.59. The van der Waals surface area contributed by atoms with Gasteiger partial charge in [0.15, 0.2) is 0 Å². The van der Waals surface area contributed by atoms with Gasteiger partial charge in [0.2, 0.25) is 0 Å². The third-order valence-electron chi connectivity index (χ3n) is 2.44. The molecule has 1 unspecified atom stereocenters. The molecule has 17 heavy (non-hydrogen) atoms. The average molecular weight is 315 g/mol. The number of nitrogens with one attached hydrogen (secondary N) is 1.